The molecule has 2 aromatic heterocycles. The molecule has 2 atom stereocenters. The van der Waals surface area contributed by atoms with Crippen LogP contribution in [0.3, 0.4) is 0 Å². The van der Waals surface area contributed by atoms with Crippen LogP contribution in [0.2, 0.25) is 0 Å². The first-order chi connectivity index (χ1) is 27.0. The molecule has 2 heterocycles. The van der Waals surface area contributed by atoms with Crippen LogP contribution in [0.25, 0.3) is 0 Å². The number of carbonyl (C=O) groups is 5. The molecule has 57 heavy (non-hydrogen) atoms. The van der Waals surface area contributed by atoms with Crippen LogP contribution in [-0.2, 0) is 80.4 Å². The molecular formula is C37H56N8O11Tc. The van der Waals surface area contributed by atoms with E-state index >= 15 is 0 Å². The number of urea groups is 1. The fourth-order valence-corrected chi connectivity index (χ4v) is 5.50. The molecule has 6 N–H and O–H groups in total. The van der Waals surface area contributed by atoms with Crippen LogP contribution in [-0.4, -0.2) is 94.3 Å². The number of aromatic nitrogens is 4. The topological polar surface area (TPSA) is 281 Å². The largest absolute Gasteiger partial charge is 0 e. The maximum atomic E-state index is 12.2. The predicted molar refractivity (Wildman–Crippen MR) is 197 cm³/mol. The van der Waals surface area contributed by atoms with Crippen molar-refractivity contribution in [3.05, 3.63) is 56.4 Å². The Kier molecular flexibility index (Phi) is 36.8. The molecular weight excluding hydrogens is 830 g/mol. The van der Waals surface area contributed by atoms with Gasteiger partial charge >= 0.3 is 57.8 Å². The molecule has 2 rings (SSSR count). The first-order valence-corrected chi connectivity index (χ1v) is 18.2. The molecule has 0 aliphatic heterocycles. The van der Waals surface area contributed by atoms with Gasteiger partial charge in [0.1, 0.15) is 23.7 Å². The summed E-state index contributed by atoms with van der Waals surface area (Å²) in [6, 6.07) is -3.72. The van der Waals surface area contributed by atoms with E-state index in [1.165, 1.54) is 25.7 Å². The molecule has 0 aliphatic rings. The van der Waals surface area contributed by atoms with Crippen LogP contribution in [0.1, 0.15) is 108 Å². The third kappa shape index (κ3) is 28.4. The number of nitrogens with zero attached hydrogens (tertiary/aromatic N) is 5. The monoisotopic (exact) mass is 885 g/mol. The van der Waals surface area contributed by atoms with E-state index in [0.29, 0.717) is 25.8 Å². The molecule has 2 aromatic rings. The summed E-state index contributed by atoms with van der Waals surface area (Å²) < 4.78 is 26.6. The maximum Gasteiger partial charge on any atom is 0 e. The van der Waals surface area contributed by atoms with Gasteiger partial charge in [0.2, 0.25) is 5.91 Å². The van der Waals surface area contributed by atoms with E-state index in [-0.39, 0.29) is 38.9 Å². The zero-order chi connectivity index (χ0) is 42.7. The minimum Gasteiger partial charge on any atom is 0 e. The molecule has 0 unspecified atom stereocenters. The molecule has 317 valence electrons. The van der Waals surface area contributed by atoms with Crippen LogP contribution in [0.15, 0.2) is 24.8 Å². The SMILES string of the molecule is Cn1ccnc1CN(CCCCCCCCCCCC(=O)NCCCC[C@H](NC(=O)N[C@@H](CCC(=O)O)C(=O)O)C(=O)O)Cc1nccn1C.[C-]#[O+].[C-]#[O+].[C-]#[O+].[Tc]. The zero-order valence-corrected chi connectivity index (χ0v) is 34.5. The minimum atomic E-state index is -1.46. The Morgan fingerprint density at radius 1 is 0.667 bits per heavy atom. The summed E-state index contributed by atoms with van der Waals surface area (Å²) in [5, 5.41) is 34.4. The minimum absolute atomic E-state index is 0. The number of unbranched alkanes of at least 4 members (excludes halogenated alkanes) is 9. The summed E-state index contributed by atoms with van der Waals surface area (Å²) in [4.78, 5) is 69.1. The molecule has 19 nitrogen and oxygen atoms in total. The van der Waals surface area contributed by atoms with E-state index in [2.05, 4.69) is 59.9 Å². The average molecular weight is 887 g/mol. The summed E-state index contributed by atoms with van der Waals surface area (Å²) in [5.74, 6) is -1.86. The van der Waals surface area contributed by atoms with Gasteiger partial charge in [0.05, 0.1) is 13.1 Å². The van der Waals surface area contributed by atoms with Crippen LogP contribution in [0.5, 0.6) is 0 Å². The van der Waals surface area contributed by atoms with Crippen molar-refractivity contribution in [1.29, 1.82) is 0 Å². The Labute approximate surface area is 347 Å². The number of aryl methyl sites for hydroxylation is 2. The molecule has 20 heteroatoms. The average Bonchev–Trinajstić information content (AvgIpc) is 3.79. The molecule has 0 bridgehead atoms. The van der Waals surface area contributed by atoms with Crippen molar-refractivity contribution >= 4 is 29.8 Å². The van der Waals surface area contributed by atoms with E-state index in [1.807, 2.05) is 38.9 Å². The van der Waals surface area contributed by atoms with Crippen molar-refractivity contribution in [2.24, 2.45) is 14.1 Å². The second-order valence-electron chi connectivity index (χ2n) is 12.7. The normalized spacial score (nSPS) is 11.0. The summed E-state index contributed by atoms with van der Waals surface area (Å²) in [7, 11) is 4.04. The predicted octanol–water partition coefficient (Wildman–Crippen LogP) is 3.30. The summed E-state index contributed by atoms with van der Waals surface area (Å²) in [6.45, 7) is 16.5. The van der Waals surface area contributed by atoms with Gasteiger partial charge in [0, 0.05) is 78.4 Å². The van der Waals surface area contributed by atoms with Gasteiger partial charge in [-0.15, -0.1) is 0 Å². The molecule has 0 saturated carbocycles. The van der Waals surface area contributed by atoms with Crippen molar-refractivity contribution in [3.8, 4) is 0 Å². The fourth-order valence-electron chi connectivity index (χ4n) is 5.50. The summed E-state index contributed by atoms with van der Waals surface area (Å²) >= 11 is 0. The van der Waals surface area contributed by atoms with Crippen molar-refractivity contribution < 1.29 is 73.4 Å². The fraction of sp³-hybridized carbons (Fsp3) is 0.622. The molecule has 3 amide bonds. The van der Waals surface area contributed by atoms with Gasteiger partial charge in [-0.25, -0.2) is 24.4 Å². The van der Waals surface area contributed by atoms with E-state index in [1.54, 1.807) is 0 Å². The Hall–Kier alpha value is -4.60. The Morgan fingerprint density at radius 3 is 1.53 bits per heavy atom. The Bertz CT molecular complexity index is 1420. The van der Waals surface area contributed by atoms with Crippen LogP contribution >= 0.6 is 0 Å². The number of carboxylic acids is 3. The van der Waals surface area contributed by atoms with E-state index in [0.717, 1.165) is 63.4 Å². The maximum absolute atomic E-state index is 12.2. The number of carbonyl (C=O) groups excluding carboxylic acids is 2. The molecule has 0 saturated heterocycles. The van der Waals surface area contributed by atoms with Crippen molar-refractivity contribution in [2.45, 2.75) is 121 Å². The molecule has 0 aliphatic carbocycles. The van der Waals surface area contributed by atoms with Crippen LogP contribution in [0.4, 0.5) is 4.79 Å². The number of hydrogen-bond acceptors (Lipinski definition) is 8. The standard InChI is InChI=1S/C34H56N8O8.3CO.Tc/c1-40-22-19-35-28(40)24-42(25-29-36-20-23-41(29)2)21-13-9-7-5-3-4-6-8-10-15-30(43)37-18-12-11-14-26(32(46)47)38-34(50)39-27(33(48)49)16-17-31(44)45;3*1-2;/h19-20,22-23,26-27H,3-18,21,24-25H2,1-2H3,(H,37,43)(H,44,45)(H,46,47)(H,48,49)(H2,38,39,50);;;;/t26-,27-;;;;/m0..../s1. The van der Waals surface area contributed by atoms with Crippen LogP contribution in [0, 0.1) is 20.0 Å². The number of rotatable bonds is 28. The Morgan fingerprint density at radius 2 is 1.11 bits per heavy atom. The number of amides is 3. The van der Waals surface area contributed by atoms with E-state index < -0.39 is 42.4 Å². The summed E-state index contributed by atoms with van der Waals surface area (Å²) in [6.07, 6.45) is 18.3. The first-order valence-electron chi connectivity index (χ1n) is 18.2. The molecule has 1 radical (unpaired) electrons. The third-order valence-corrected chi connectivity index (χ3v) is 8.55. The number of carboxylic acid groups (broad SMARTS) is 3. The van der Waals surface area contributed by atoms with Gasteiger partial charge in [0.15, 0.2) is 0 Å². The summed E-state index contributed by atoms with van der Waals surface area (Å²) in [5.41, 5.74) is 0. The number of imidazole rings is 2. The van der Waals surface area contributed by atoms with Gasteiger partial charge in [-0.05, 0) is 45.1 Å². The van der Waals surface area contributed by atoms with Gasteiger partial charge in [0.25, 0.3) is 0 Å². The second-order valence-corrected chi connectivity index (χ2v) is 12.7. The van der Waals surface area contributed by atoms with E-state index in [9.17, 15) is 29.1 Å². The number of aliphatic carboxylic acids is 3. The first kappa shape index (κ1) is 56.7. The second kappa shape index (κ2) is 37.0. The van der Waals surface area contributed by atoms with Gasteiger partial charge < -0.3 is 40.4 Å². The molecule has 0 fully saturated rings. The van der Waals surface area contributed by atoms with E-state index in [4.69, 9.17) is 24.2 Å². The van der Waals surface area contributed by atoms with Crippen molar-refractivity contribution in [3.63, 3.8) is 0 Å². The van der Waals surface area contributed by atoms with Gasteiger partial charge in [-0.3, -0.25) is 14.5 Å². The quantitative estimate of drug-likeness (QED) is 0.0410. The van der Waals surface area contributed by atoms with Gasteiger partial charge in [-0.1, -0.05) is 44.9 Å². The van der Waals surface area contributed by atoms with Crippen LogP contribution < -0.4 is 16.0 Å². The van der Waals surface area contributed by atoms with Crippen molar-refractivity contribution in [1.82, 2.24) is 40.0 Å². The number of hydrogen-bond donors (Lipinski definition) is 6. The van der Waals surface area contributed by atoms with Gasteiger partial charge in [-0.2, -0.15) is 0 Å². The third-order valence-electron chi connectivity index (χ3n) is 8.55. The molecule has 0 spiro atoms. The molecule has 0 aromatic carbocycles. The Balaban J connectivity index is -0.00000396. The zero-order valence-electron chi connectivity index (χ0n) is 32.6. The smallest absolute Gasteiger partial charge is 0 e. The van der Waals surface area contributed by atoms with Crippen molar-refractivity contribution in [2.75, 3.05) is 13.1 Å². The number of nitrogens with one attached hydrogen (secondary N) is 3.